The highest BCUT2D eigenvalue weighted by Crippen LogP contribution is 2.29. The first kappa shape index (κ1) is 14.2. The number of benzene rings is 1. The van der Waals surface area contributed by atoms with Gasteiger partial charge in [0, 0.05) is 18.2 Å². The Morgan fingerprint density at radius 3 is 2.62 bits per heavy atom. The topological polar surface area (TPSA) is 87.7 Å². The first-order valence-corrected chi connectivity index (χ1v) is 6.89. The highest BCUT2D eigenvalue weighted by atomic mass is 16.5. The second-order valence-corrected chi connectivity index (χ2v) is 5.18. The van der Waals surface area contributed by atoms with Gasteiger partial charge in [-0.1, -0.05) is 24.3 Å². The molecule has 1 saturated heterocycles. The third kappa shape index (κ3) is 2.84. The van der Waals surface area contributed by atoms with Crippen LogP contribution in [0.1, 0.15) is 18.2 Å². The monoisotopic (exact) mass is 290 g/mol. The average Bonchev–Trinajstić information content (AvgIpc) is 3.13. The van der Waals surface area contributed by atoms with E-state index in [1.54, 1.807) is 10.9 Å². The van der Waals surface area contributed by atoms with Crippen LogP contribution >= 0.6 is 0 Å². The first-order valence-electron chi connectivity index (χ1n) is 6.89. The van der Waals surface area contributed by atoms with Crippen LogP contribution in [0.2, 0.25) is 0 Å². The second kappa shape index (κ2) is 5.95. The molecule has 6 nitrogen and oxygen atoms in total. The number of hydrogen-bond acceptors (Lipinski definition) is 5. The summed E-state index contributed by atoms with van der Waals surface area (Å²) >= 11 is 0. The maximum atomic E-state index is 9.76. The Morgan fingerprint density at radius 1 is 1.24 bits per heavy atom. The summed E-state index contributed by atoms with van der Waals surface area (Å²) in [6.07, 6.45) is 2.44. The molecule has 3 N–H and O–H groups in total. The summed E-state index contributed by atoms with van der Waals surface area (Å²) in [5.41, 5.74) is 2.60. The highest BCUT2D eigenvalue weighted by molar-refractivity contribution is 5.58. The molecule has 0 unspecified atom stereocenters. The van der Waals surface area contributed by atoms with E-state index in [2.05, 4.69) is 4.98 Å². The lowest BCUT2D eigenvalue weighted by atomic mass is 10.1. The summed E-state index contributed by atoms with van der Waals surface area (Å²) in [5.74, 6) is 0. The van der Waals surface area contributed by atoms with E-state index in [0.717, 1.165) is 16.8 Å². The number of ether oxygens (including phenoxy) is 1. The summed E-state index contributed by atoms with van der Waals surface area (Å²) in [7, 11) is 0. The highest BCUT2D eigenvalue weighted by Gasteiger charge is 2.34. The lowest BCUT2D eigenvalue weighted by Crippen LogP contribution is -2.24. The molecule has 3 rings (SSSR count). The second-order valence-electron chi connectivity index (χ2n) is 5.18. The number of aromatic nitrogens is 2. The number of imidazole rings is 1. The number of aliphatic hydroxyl groups excluding tert-OH is 3. The van der Waals surface area contributed by atoms with Crippen molar-refractivity contribution in [1.82, 2.24) is 9.55 Å². The van der Waals surface area contributed by atoms with Crippen LogP contribution in [-0.4, -0.2) is 43.7 Å². The molecule has 21 heavy (non-hydrogen) atoms. The molecule has 0 amide bonds. The van der Waals surface area contributed by atoms with Crippen LogP contribution in [0.25, 0.3) is 11.3 Å². The normalized spacial score (nSPS) is 25.4. The molecule has 2 heterocycles. The summed E-state index contributed by atoms with van der Waals surface area (Å²) in [5, 5.41) is 27.9. The molecule has 0 radical (unpaired) electrons. The summed E-state index contributed by atoms with van der Waals surface area (Å²) in [4.78, 5) is 4.34. The van der Waals surface area contributed by atoms with Gasteiger partial charge in [0.2, 0.25) is 0 Å². The molecule has 1 aromatic carbocycles. The Labute approximate surface area is 122 Å². The Bertz CT molecular complexity index is 596. The van der Waals surface area contributed by atoms with E-state index >= 15 is 0 Å². The molecule has 1 aliphatic rings. The van der Waals surface area contributed by atoms with Crippen LogP contribution in [-0.2, 0) is 11.3 Å². The van der Waals surface area contributed by atoms with E-state index in [1.165, 1.54) is 0 Å². The van der Waals surface area contributed by atoms with Crippen LogP contribution < -0.4 is 0 Å². The first-order chi connectivity index (χ1) is 10.2. The predicted octanol–water partition coefficient (Wildman–Crippen LogP) is 0.683. The molecule has 0 saturated carbocycles. The Morgan fingerprint density at radius 2 is 2.00 bits per heavy atom. The Hall–Kier alpha value is -1.73. The number of rotatable bonds is 4. The van der Waals surface area contributed by atoms with Gasteiger partial charge in [-0.05, 0) is 5.56 Å². The van der Waals surface area contributed by atoms with E-state index in [-0.39, 0.29) is 19.4 Å². The number of hydrogen-bond donors (Lipinski definition) is 3. The van der Waals surface area contributed by atoms with Crippen molar-refractivity contribution in [3.63, 3.8) is 0 Å². The fraction of sp³-hybridized carbons (Fsp3) is 0.400. The van der Waals surface area contributed by atoms with Crippen molar-refractivity contribution < 1.29 is 20.1 Å². The van der Waals surface area contributed by atoms with Gasteiger partial charge < -0.3 is 24.6 Å². The van der Waals surface area contributed by atoms with Crippen molar-refractivity contribution in [2.24, 2.45) is 0 Å². The fourth-order valence-electron chi connectivity index (χ4n) is 2.49. The summed E-state index contributed by atoms with van der Waals surface area (Å²) in [6, 6.07) is 7.51. The molecule has 1 fully saturated rings. The SMILES string of the molecule is OCc1ccc(-c2cn([C@H]3C[C@H](O)[C@@H](CO)O3)cn2)cc1. The van der Waals surface area contributed by atoms with Crippen molar-refractivity contribution in [2.75, 3.05) is 6.61 Å². The van der Waals surface area contributed by atoms with E-state index in [1.807, 2.05) is 30.5 Å². The molecule has 1 aliphatic heterocycles. The molecule has 0 bridgehead atoms. The fourth-order valence-corrected chi connectivity index (χ4v) is 2.49. The Balaban J connectivity index is 1.77. The molecular formula is C15H18N2O4. The van der Waals surface area contributed by atoms with Gasteiger partial charge in [-0.15, -0.1) is 0 Å². The van der Waals surface area contributed by atoms with E-state index in [0.29, 0.717) is 6.42 Å². The van der Waals surface area contributed by atoms with Crippen molar-refractivity contribution in [3.05, 3.63) is 42.4 Å². The molecule has 112 valence electrons. The van der Waals surface area contributed by atoms with E-state index < -0.39 is 12.2 Å². The van der Waals surface area contributed by atoms with Gasteiger partial charge >= 0.3 is 0 Å². The van der Waals surface area contributed by atoms with Gasteiger partial charge in [-0.3, -0.25) is 0 Å². The van der Waals surface area contributed by atoms with Crippen molar-refractivity contribution in [2.45, 2.75) is 31.5 Å². The largest absolute Gasteiger partial charge is 0.394 e. The number of aliphatic hydroxyl groups is 3. The average molecular weight is 290 g/mol. The number of nitrogens with zero attached hydrogens (tertiary/aromatic N) is 2. The minimum absolute atomic E-state index is 0.0189. The quantitative estimate of drug-likeness (QED) is 0.771. The zero-order chi connectivity index (χ0) is 14.8. The standard InChI is InChI=1S/C15H18N2O4/c18-7-10-1-3-11(4-2-10)12-6-17(9-16-12)15-5-13(20)14(8-19)21-15/h1-4,6,9,13-15,18-20H,5,7-8H2/t13-,14+,15+/m0/s1. The molecule has 6 heteroatoms. The lowest BCUT2D eigenvalue weighted by Gasteiger charge is -2.12. The molecule has 1 aromatic heterocycles. The lowest BCUT2D eigenvalue weighted by molar-refractivity contribution is -0.0443. The van der Waals surface area contributed by atoms with Crippen LogP contribution in [0.15, 0.2) is 36.8 Å². The zero-order valence-corrected chi connectivity index (χ0v) is 11.5. The molecular weight excluding hydrogens is 272 g/mol. The van der Waals surface area contributed by atoms with Gasteiger partial charge in [0.1, 0.15) is 12.3 Å². The maximum Gasteiger partial charge on any atom is 0.137 e. The molecule has 0 aliphatic carbocycles. The Kier molecular flexibility index (Phi) is 4.03. The minimum atomic E-state index is -0.658. The minimum Gasteiger partial charge on any atom is -0.394 e. The summed E-state index contributed by atoms with van der Waals surface area (Å²) < 4.78 is 7.38. The van der Waals surface area contributed by atoms with Gasteiger partial charge in [0.15, 0.2) is 0 Å². The summed E-state index contributed by atoms with van der Waals surface area (Å²) in [6.45, 7) is -0.174. The van der Waals surface area contributed by atoms with Gasteiger partial charge in [0.25, 0.3) is 0 Å². The van der Waals surface area contributed by atoms with E-state index in [9.17, 15) is 5.11 Å². The zero-order valence-electron chi connectivity index (χ0n) is 11.5. The van der Waals surface area contributed by atoms with Gasteiger partial charge in [0.05, 0.1) is 31.3 Å². The maximum absolute atomic E-state index is 9.76. The molecule has 0 spiro atoms. The van der Waals surface area contributed by atoms with Crippen LogP contribution in [0.5, 0.6) is 0 Å². The van der Waals surface area contributed by atoms with Crippen LogP contribution in [0.3, 0.4) is 0 Å². The third-order valence-corrected chi connectivity index (χ3v) is 3.75. The van der Waals surface area contributed by atoms with Crippen molar-refractivity contribution in [3.8, 4) is 11.3 Å². The van der Waals surface area contributed by atoms with E-state index in [4.69, 9.17) is 14.9 Å². The predicted molar refractivity (Wildman–Crippen MR) is 75.2 cm³/mol. The molecule has 3 atom stereocenters. The van der Waals surface area contributed by atoms with Crippen LogP contribution in [0.4, 0.5) is 0 Å². The van der Waals surface area contributed by atoms with Gasteiger partial charge in [-0.25, -0.2) is 4.98 Å². The van der Waals surface area contributed by atoms with Crippen LogP contribution in [0, 0.1) is 0 Å². The van der Waals surface area contributed by atoms with Gasteiger partial charge in [-0.2, -0.15) is 0 Å². The molecule has 2 aromatic rings. The van der Waals surface area contributed by atoms with Crippen molar-refractivity contribution >= 4 is 0 Å². The van der Waals surface area contributed by atoms with Crippen molar-refractivity contribution in [1.29, 1.82) is 0 Å². The smallest absolute Gasteiger partial charge is 0.137 e. The third-order valence-electron chi connectivity index (χ3n) is 3.75.